The summed E-state index contributed by atoms with van der Waals surface area (Å²) < 4.78 is 0. The van der Waals surface area contributed by atoms with Crippen LogP contribution in [-0.2, 0) is 0 Å². The molecule has 21 heavy (non-hydrogen) atoms. The number of aliphatic imine (C=N–C) groups is 1. The van der Waals surface area contributed by atoms with Crippen molar-refractivity contribution in [2.75, 3.05) is 26.7 Å². The molecule has 1 aliphatic rings. The van der Waals surface area contributed by atoms with Gasteiger partial charge in [0.15, 0.2) is 5.96 Å². The van der Waals surface area contributed by atoms with Gasteiger partial charge in [0.1, 0.15) is 0 Å². The van der Waals surface area contributed by atoms with Crippen LogP contribution in [0.4, 0.5) is 0 Å². The molecule has 0 aliphatic carbocycles. The minimum Gasteiger partial charge on any atom is -0.354 e. The number of guanidine groups is 1. The highest BCUT2D eigenvalue weighted by Crippen LogP contribution is 2.27. The SMILES string of the molecule is CN=C(NCC(c1cccs1)N1CCCC1)NC(C)(C)C. The Morgan fingerprint density at radius 1 is 1.38 bits per heavy atom. The van der Waals surface area contributed by atoms with Crippen molar-refractivity contribution in [3.05, 3.63) is 22.4 Å². The third-order valence-electron chi connectivity index (χ3n) is 3.63. The molecule has 0 saturated carbocycles. The van der Waals surface area contributed by atoms with Gasteiger partial charge in [0.2, 0.25) is 0 Å². The van der Waals surface area contributed by atoms with Gasteiger partial charge in [-0.2, -0.15) is 0 Å². The first-order valence-electron chi connectivity index (χ1n) is 7.76. The summed E-state index contributed by atoms with van der Waals surface area (Å²) in [5.41, 5.74) is 0.0217. The van der Waals surface area contributed by atoms with Crippen molar-refractivity contribution in [2.45, 2.75) is 45.2 Å². The first-order chi connectivity index (χ1) is 9.99. The van der Waals surface area contributed by atoms with Crippen LogP contribution < -0.4 is 10.6 Å². The van der Waals surface area contributed by atoms with E-state index in [9.17, 15) is 0 Å². The summed E-state index contributed by atoms with van der Waals surface area (Å²) in [7, 11) is 1.83. The number of nitrogens with one attached hydrogen (secondary N) is 2. The maximum Gasteiger partial charge on any atom is 0.191 e. The Kier molecular flexibility index (Phi) is 5.65. The molecule has 0 bridgehead atoms. The Morgan fingerprint density at radius 2 is 2.10 bits per heavy atom. The molecule has 1 atom stereocenters. The average Bonchev–Trinajstić information content (AvgIpc) is 3.09. The van der Waals surface area contributed by atoms with E-state index in [1.807, 2.05) is 18.4 Å². The van der Waals surface area contributed by atoms with Crippen LogP contribution in [0, 0.1) is 0 Å². The van der Waals surface area contributed by atoms with Gasteiger partial charge in [-0.15, -0.1) is 11.3 Å². The molecule has 1 saturated heterocycles. The summed E-state index contributed by atoms with van der Waals surface area (Å²) in [6, 6.07) is 4.84. The molecule has 0 aromatic carbocycles. The molecular formula is C16H28N4S. The number of likely N-dealkylation sites (tertiary alicyclic amines) is 1. The van der Waals surface area contributed by atoms with Crippen LogP contribution in [0.15, 0.2) is 22.5 Å². The molecule has 2 N–H and O–H groups in total. The Hall–Kier alpha value is -1.07. The van der Waals surface area contributed by atoms with E-state index in [0.29, 0.717) is 6.04 Å². The van der Waals surface area contributed by atoms with Crippen molar-refractivity contribution in [3.63, 3.8) is 0 Å². The largest absolute Gasteiger partial charge is 0.354 e. The van der Waals surface area contributed by atoms with Crippen LogP contribution in [0.2, 0.25) is 0 Å². The summed E-state index contributed by atoms with van der Waals surface area (Å²) in [5, 5.41) is 9.08. The van der Waals surface area contributed by atoms with Crippen molar-refractivity contribution < 1.29 is 0 Å². The van der Waals surface area contributed by atoms with E-state index >= 15 is 0 Å². The van der Waals surface area contributed by atoms with Gasteiger partial charge in [0.25, 0.3) is 0 Å². The lowest BCUT2D eigenvalue weighted by Crippen LogP contribution is -2.49. The molecule has 1 aromatic heterocycles. The molecule has 0 spiro atoms. The van der Waals surface area contributed by atoms with E-state index in [1.165, 1.54) is 30.8 Å². The van der Waals surface area contributed by atoms with Gasteiger partial charge >= 0.3 is 0 Å². The molecule has 4 nitrogen and oxygen atoms in total. The topological polar surface area (TPSA) is 39.7 Å². The highest BCUT2D eigenvalue weighted by Gasteiger charge is 2.24. The average molecular weight is 308 g/mol. The van der Waals surface area contributed by atoms with Gasteiger partial charge in [-0.1, -0.05) is 6.07 Å². The predicted octanol–water partition coefficient (Wildman–Crippen LogP) is 2.85. The highest BCUT2D eigenvalue weighted by molar-refractivity contribution is 7.10. The first-order valence-corrected chi connectivity index (χ1v) is 8.64. The summed E-state index contributed by atoms with van der Waals surface area (Å²) in [5.74, 6) is 0.878. The second kappa shape index (κ2) is 7.27. The normalized spacial score (nSPS) is 18.8. The van der Waals surface area contributed by atoms with Crippen molar-refractivity contribution in [1.82, 2.24) is 15.5 Å². The number of hydrogen-bond acceptors (Lipinski definition) is 3. The van der Waals surface area contributed by atoms with Gasteiger partial charge in [0, 0.05) is 24.0 Å². The van der Waals surface area contributed by atoms with Crippen LogP contribution >= 0.6 is 11.3 Å². The second-order valence-electron chi connectivity index (χ2n) is 6.60. The molecule has 0 radical (unpaired) electrons. The Labute approximate surface area is 132 Å². The smallest absolute Gasteiger partial charge is 0.191 e. The molecule has 0 amide bonds. The van der Waals surface area contributed by atoms with Crippen molar-refractivity contribution in [3.8, 4) is 0 Å². The second-order valence-corrected chi connectivity index (χ2v) is 7.58. The van der Waals surface area contributed by atoms with Crippen molar-refractivity contribution in [2.24, 2.45) is 4.99 Å². The molecule has 1 unspecified atom stereocenters. The molecular weight excluding hydrogens is 280 g/mol. The third kappa shape index (κ3) is 5.00. The van der Waals surface area contributed by atoms with Crippen LogP contribution in [0.5, 0.6) is 0 Å². The molecule has 1 fully saturated rings. The van der Waals surface area contributed by atoms with Crippen molar-refractivity contribution >= 4 is 17.3 Å². The quantitative estimate of drug-likeness (QED) is 0.664. The zero-order chi connectivity index (χ0) is 15.3. The zero-order valence-electron chi connectivity index (χ0n) is 13.6. The summed E-state index contributed by atoms with van der Waals surface area (Å²) >= 11 is 1.85. The molecule has 5 heteroatoms. The molecule has 1 aliphatic heterocycles. The van der Waals surface area contributed by atoms with Gasteiger partial charge < -0.3 is 10.6 Å². The van der Waals surface area contributed by atoms with E-state index in [0.717, 1.165) is 12.5 Å². The Bertz CT molecular complexity index is 441. The lowest BCUT2D eigenvalue weighted by Gasteiger charge is -2.29. The summed E-state index contributed by atoms with van der Waals surface area (Å²) in [6.07, 6.45) is 2.63. The molecule has 1 aromatic rings. The van der Waals surface area contributed by atoms with Crippen LogP contribution in [-0.4, -0.2) is 43.1 Å². The van der Waals surface area contributed by atoms with Gasteiger partial charge in [-0.25, -0.2) is 0 Å². The Morgan fingerprint density at radius 3 is 2.62 bits per heavy atom. The van der Waals surface area contributed by atoms with Gasteiger partial charge in [-0.05, 0) is 58.1 Å². The van der Waals surface area contributed by atoms with Crippen LogP contribution in [0.3, 0.4) is 0 Å². The van der Waals surface area contributed by atoms with Crippen LogP contribution in [0.25, 0.3) is 0 Å². The number of thiophene rings is 1. The minimum absolute atomic E-state index is 0.0217. The van der Waals surface area contributed by atoms with E-state index in [2.05, 4.69) is 58.8 Å². The lowest BCUT2D eigenvalue weighted by atomic mass is 10.1. The molecule has 2 heterocycles. The number of rotatable bonds is 4. The van der Waals surface area contributed by atoms with Gasteiger partial charge in [0.05, 0.1) is 6.04 Å². The molecule has 2 rings (SSSR count). The van der Waals surface area contributed by atoms with E-state index < -0.39 is 0 Å². The lowest BCUT2D eigenvalue weighted by molar-refractivity contribution is 0.248. The summed E-state index contributed by atoms with van der Waals surface area (Å²) in [4.78, 5) is 8.36. The third-order valence-corrected chi connectivity index (χ3v) is 4.61. The fraction of sp³-hybridized carbons (Fsp3) is 0.688. The van der Waals surface area contributed by atoms with E-state index in [1.54, 1.807) is 0 Å². The van der Waals surface area contributed by atoms with E-state index in [-0.39, 0.29) is 5.54 Å². The maximum atomic E-state index is 4.33. The fourth-order valence-electron chi connectivity index (χ4n) is 2.67. The standard InChI is InChI=1S/C16H28N4S/c1-16(2,3)19-15(17-4)18-12-13(14-8-7-11-21-14)20-9-5-6-10-20/h7-8,11,13H,5-6,9-10,12H2,1-4H3,(H2,17,18,19). The first kappa shape index (κ1) is 16.3. The fourth-order valence-corrected chi connectivity index (χ4v) is 3.53. The monoisotopic (exact) mass is 308 g/mol. The number of hydrogen-bond donors (Lipinski definition) is 2. The van der Waals surface area contributed by atoms with Crippen LogP contribution in [0.1, 0.15) is 44.5 Å². The Balaban J connectivity index is 1.99. The highest BCUT2D eigenvalue weighted by atomic mass is 32.1. The van der Waals surface area contributed by atoms with Gasteiger partial charge in [-0.3, -0.25) is 9.89 Å². The summed E-state index contributed by atoms with van der Waals surface area (Å²) in [6.45, 7) is 9.76. The maximum absolute atomic E-state index is 4.33. The van der Waals surface area contributed by atoms with Crippen molar-refractivity contribution in [1.29, 1.82) is 0 Å². The van der Waals surface area contributed by atoms with E-state index in [4.69, 9.17) is 0 Å². The predicted molar refractivity (Wildman–Crippen MR) is 92.1 cm³/mol. The zero-order valence-corrected chi connectivity index (χ0v) is 14.5. The minimum atomic E-state index is 0.0217. The molecule has 118 valence electrons. The number of nitrogens with zero attached hydrogens (tertiary/aromatic N) is 2.